The summed E-state index contributed by atoms with van der Waals surface area (Å²) in [5, 5.41) is 0. The maximum atomic E-state index is 11.7. The summed E-state index contributed by atoms with van der Waals surface area (Å²) < 4.78 is 0. The molecule has 0 atom stereocenters. The van der Waals surface area contributed by atoms with Crippen molar-refractivity contribution in [1.82, 2.24) is 0 Å². The Morgan fingerprint density at radius 1 is 1.25 bits per heavy atom. The molecule has 0 bridgehead atoms. The molecular formula is C14H18O2. The summed E-state index contributed by atoms with van der Waals surface area (Å²) in [6.45, 7) is 4.25. The third-order valence-electron chi connectivity index (χ3n) is 2.63. The number of rotatable bonds is 6. The molecule has 1 rings (SSSR count). The molecule has 2 heteroatoms. The summed E-state index contributed by atoms with van der Waals surface area (Å²) in [5.74, 6) is 0.608. The van der Waals surface area contributed by atoms with Crippen molar-refractivity contribution in [2.24, 2.45) is 0 Å². The normalized spacial score (nSPS) is 10.4. The number of carbonyl (C=O) groups excluding carboxylic acids is 2. The average molecular weight is 218 g/mol. The molecular weight excluding hydrogens is 200 g/mol. The van der Waals surface area contributed by atoms with Crippen molar-refractivity contribution >= 4 is 12.1 Å². The van der Waals surface area contributed by atoms with Crippen LogP contribution in [0.5, 0.6) is 0 Å². The largest absolute Gasteiger partial charge is 0.303 e. The quantitative estimate of drug-likeness (QED) is 0.417. The first-order chi connectivity index (χ1) is 7.65. The van der Waals surface area contributed by atoms with E-state index in [0.717, 1.165) is 11.8 Å². The molecule has 0 saturated heterocycles. The molecule has 0 radical (unpaired) electrons. The van der Waals surface area contributed by atoms with Crippen LogP contribution in [0.1, 0.15) is 54.9 Å². The van der Waals surface area contributed by atoms with Gasteiger partial charge in [-0.1, -0.05) is 38.1 Å². The summed E-state index contributed by atoms with van der Waals surface area (Å²) in [6.07, 6.45) is 2.43. The molecule has 0 aliphatic carbocycles. The Hall–Kier alpha value is -1.44. The zero-order valence-corrected chi connectivity index (χ0v) is 9.90. The Bertz CT molecular complexity index is 350. The molecule has 0 amide bonds. The molecule has 0 fully saturated rings. The second-order valence-corrected chi connectivity index (χ2v) is 4.26. The minimum atomic E-state index is 0.122. The van der Waals surface area contributed by atoms with Crippen molar-refractivity contribution in [2.45, 2.75) is 39.0 Å². The maximum absolute atomic E-state index is 11.7. The molecule has 0 aromatic heterocycles. The van der Waals surface area contributed by atoms with Gasteiger partial charge >= 0.3 is 0 Å². The first kappa shape index (κ1) is 12.6. The van der Waals surface area contributed by atoms with Crippen LogP contribution in [0.4, 0.5) is 0 Å². The van der Waals surface area contributed by atoms with Crippen LogP contribution in [0, 0.1) is 0 Å². The van der Waals surface area contributed by atoms with Gasteiger partial charge in [0.15, 0.2) is 5.78 Å². The molecule has 0 aliphatic rings. The molecule has 16 heavy (non-hydrogen) atoms. The Balaban J connectivity index is 2.59. The van der Waals surface area contributed by atoms with Crippen molar-refractivity contribution in [3.8, 4) is 0 Å². The Labute approximate surface area is 96.7 Å². The van der Waals surface area contributed by atoms with Crippen LogP contribution in [-0.2, 0) is 4.79 Å². The van der Waals surface area contributed by atoms with Crippen LogP contribution >= 0.6 is 0 Å². The lowest BCUT2D eigenvalue weighted by atomic mass is 9.99. The number of carbonyl (C=O) groups is 2. The smallest absolute Gasteiger partial charge is 0.162 e. The standard InChI is InChI=1S/C14H18O2/c1-11(2)12-6-8-13(9-7-12)14(16)5-3-4-10-15/h6-11H,3-5H2,1-2H3. The van der Waals surface area contributed by atoms with Gasteiger partial charge in [-0.15, -0.1) is 0 Å². The molecule has 0 N–H and O–H groups in total. The van der Waals surface area contributed by atoms with Crippen LogP contribution in [0.2, 0.25) is 0 Å². The lowest BCUT2D eigenvalue weighted by Gasteiger charge is -2.06. The first-order valence-electron chi connectivity index (χ1n) is 5.72. The van der Waals surface area contributed by atoms with E-state index in [1.807, 2.05) is 24.3 Å². The highest BCUT2D eigenvalue weighted by molar-refractivity contribution is 5.96. The lowest BCUT2D eigenvalue weighted by Crippen LogP contribution is -1.99. The monoisotopic (exact) mass is 218 g/mol. The van der Waals surface area contributed by atoms with E-state index in [9.17, 15) is 9.59 Å². The summed E-state index contributed by atoms with van der Waals surface area (Å²) in [4.78, 5) is 21.8. The van der Waals surface area contributed by atoms with Gasteiger partial charge < -0.3 is 4.79 Å². The second kappa shape index (κ2) is 6.21. The van der Waals surface area contributed by atoms with Gasteiger partial charge in [0, 0.05) is 18.4 Å². The van der Waals surface area contributed by atoms with Crippen molar-refractivity contribution in [3.63, 3.8) is 0 Å². The van der Waals surface area contributed by atoms with Crippen LogP contribution < -0.4 is 0 Å². The highest BCUT2D eigenvalue weighted by Crippen LogP contribution is 2.15. The van der Waals surface area contributed by atoms with Crippen molar-refractivity contribution in [2.75, 3.05) is 0 Å². The molecule has 0 saturated carbocycles. The predicted molar refractivity (Wildman–Crippen MR) is 64.8 cm³/mol. The summed E-state index contributed by atoms with van der Waals surface area (Å²) in [7, 11) is 0. The van der Waals surface area contributed by atoms with Gasteiger partial charge in [0.25, 0.3) is 0 Å². The summed E-state index contributed by atoms with van der Waals surface area (Å²) in [5.41, 5.74) is 1.99. The van der Waals surface area contributed by atoms with Gasteiger partial charge in [0.2, 0.25) is 0 Å². The van der Waals surface area contributed by atoms with Crippen molar-refractivity contribution in [1.29, 1.82) is 0 Å². The van der Waals surface area contributed by atoms with Gasteiger partial charge in [-0.3, -0.25) is 4.79 Å². The second-order valence-electron chi connectivity index (χ2n) is 4.26. The predicted octanol–water partition coefficient (Wildman–Crippen LogP) is 3.36. The fourth-order valence-corrected chi connectivity index (χ4v) is 1.54. The molecule has 86 valence electrons. The minimum Gasteiger partial charge on any atom is -0.303 e. The van der Waals surface area contributed by atoms with E-state index in [-0.39, 0.29) is 5.78 Å². The number of ketones is 1. The SMILES string of the molecule is CC(C)c1ccc(C(=O)CCCC=O)cc1. The number of Topliss-reactive ketones (excluding diaryl/α,β-unsaturated/α-hetero) is 1. The summed E-state index contributed by atoms with van der Waals surface area (Å²) in [6, 6.07) is 7.74. The van der Waals surface area contributed by atoms with Crippen LogP contribution in [0.25, 0.3) is 0 Å². The van der Waals surface area contributed by atoms with Gasteiger partial charge in [0.05, 0.1) is 0 Å². The van der Waals surface area contributed by atoms with Gasteiger partial charge in [-0.25, -0.2) is 0 Å². The third kappa shape index (κ3) is 3.61. The van der Waals surface area contributed by atoms with Crippen LogP contribution in [0.3, 0.4) is 0 Å². The molecule has 1 aromatic carbocycles. The Morgan fingerprint density at radius 2 is 1.88 bits per heavy atom. The van der Waals surface area contributed by atoms with Crippen molar-refractivity contribution < 1.29 is 9.59 Å². The number of benzene rings is 1. The highest BCUT2D eigenvalue weighted by Gasteiger charge is 2.06. The van der Waals surface area contributed by atoms with Gasteiger partial charge in [0.1, 0.15) is 6.29 Å². The molecule has 1 aromatic rings. The molecule has 0 unspecified atom stereocenters. The van der Waals surface area contributed by atoms with E-state index < -0.39 is 0 Å². The fraction of sp³-hybridized carbons (Fsp3) is 0.429. The first-order valence-corrected chi connectivity index (χ1v) is 5.72. The number of hydrogen-bond acceptors (Lipinski definition) is 2. The zero-order chi connectivity index (χ0) is 12.0. The number of unbranched alkanes of at least 4 members (excludes halogenated alkanes) is 1. The van der Waals surface area contributed by atoms with E-state index in [1.165, 1.54) is 5.56 Å². The van der Waals surface area contributed by atoms with E-state index in [1.54, 1.807) is 0 Å². The van der Waals surface area contributed by atoms with Gasteiger partial charge in [-0.05, 0) is 17.9 Å². The molecule has 0 aliphatic heterocycles. The summed E-state index contributed by atoms with van der Waals surface area (Å²) >= 11 is 0. The van der Waals surface area contributed by atoms with Crippen LogP contribution in [-0.4, -0.2) is 12.1 Å². The topological polar surface area (TPSA) is 34.1 Å². The maximum Gasteiger partial charge on any atom is 0.162 e. The average Bonchev–Trinajstić information content (AvgIpc) is 2.29. The Kier molecular flexibility index (Phi) is 4.90. The minimum absolute atomic E-state index is 0.122. The van der Waals surface area contributed by atoms with E-state index in [2.05, 4.69) is 13.8 Å². The Morgan fingerprint density at radius 3 is 2.38 bits per heavy atom. The third-order valence-corrected chi connectivity index (χ3v) is 2.63. The van der Waals surface area contributed by atoms with Crippen molar-refractivity contribution in [3.05, 3.63) is 35.4 Å². The lowest BCUT2D eigenvalue weighted by molar-refractivity contribution is -0.107. The number of hydrogen-bond donors (Lipinski definition) is 0. The highest BCUT2D eigenvalue weighted by atomic mass is 16.1. The number of aldehydes is 1. The molecule has 0 heterocycles. The zero-order valence-electron chi connectivity index (χ0n) is 9.90. The van der Waals surface area contributed by atoms with E-state index in [4.69, 9.17) is 0 Å². The molecule has 0 spiro atoms. The van der Waals surface area contributed by atoms with E-state index >= 15 is 0 Å². The van der Waals surface area contributed by atoms with Gasteiger partial charge in [-0.2, -0.15) is 0 Å². The van der Waals surface area contributed by atoms with Crippen LogP contribution in [0.15, 0.2) is 24.3 Å². The fourth-order valence-electron chi connectivity index (χ4n) is 1.54. The molecule has 2 nitrogen and oxygen atoms in total. The van der Waals surface area contributed by atoms with E-state index in [0.29, 0.717) is 25.2 Å².